The van der Waals surface area contributed by atoms with Gasteiger partial charge in [-0.2, -0.15) is 11.8 Å². The second-order valence-electron chi connectivity index (χ2n) is 7.58. The number of amides is 2. The zero-order chi connectivity index (χ0) is 19.2. The molecule has 1 aromatic carbocycles. The molecule has 5 nitrogen and oxygen atoms in total. The van der Waals surface area contributed by atoms with Crippen molar-refractivity contribution >= 4 is 34.5 Å². The average Bonchev–Trinajstić information content (AvgIpc) is 3.03. The first-order chi connectivity index (χ1) is 13.0. The highest BCUT2D eigenvalue weighted by molar-refractivity contribution is 7.99. The van der Waals surface area contributed by atoms with Crippen molar-refractivity contribution in [1.82, 2.24) is 10.9 Å². The van der Waals surface area contributed by atoms with Crippen LogP contribution in [0, 0.1) is 5.92 Å². The number of carbonyl (C=O) groups is 2. The van der Waals surface area contributed by atoms with Crippen molar-refractivity contribution in [3.8, 4) is 0 Å². The minimum absolute atomic E-state index is 0.201. The van der Waals surface area contributed by atoms with E-state index in [0.29, 0.717) is 23.0 Å². The Morgan fingerprint density at radius 3 is 2.63 bits per heavy atom. The van der Waals surface area contributed by atoms with Crippen LogP contribution in [0.15, 0.2) is 28.7 Å². The molecule has 6 heteroatoms. The molecular formula is C21H28N2O3S. The van der Waals surface area contributed by atoms with Gasteiger partial charge in [-0.1, -0.05) is 51.3 Å². The van der Waals surface area contributed by atoms with Gasteiger partial charge in [0.25, 0.3) is 0 Å². The lowest BCUT2D eigenvalue weighted by molar-refractivity contribution is -0.122. The quantitative estimate of drug-likeness (QED) is 0.697. The maximum atomic E-state index is 12.6. The zero-order valence-electron chi connectivity index (χ0n) is 16.0. The summed E-state index contributed by atoms with van der Waals surface area (Å²) in [5.74, 6) is 0.666. The van der Waals surface area contributed by atoms with Crippen molar-refractivity contribution in [3.63, 3.8) is 0 Å². The molecule has 1 aliphatic carbocycles. The summed E-state index contributed by atoms with van der Waals surface area (Å²) in [4.78, 5) is 24.5. The van der Waals surface area contributed by atoms with Crippen LogP contribution < -0.4 is 10.9 Å². The van der Waals surface area contributed by atoms with Crippen LogP contribution >= 0.6 is 11.8 Å². The van der Waals surface area contributed by atoms with Gasteiger partial charge in [-0.3, -0.25) is 20.4 Å². The van der Waals surface area contributed by atoms with Crippen LogP contribution in [0.3, 0.4) is 0 Å². The number of para-hydroxylation sites is 1. The molecule has 3 rings (SSSR count). The van der Waals surface area contributed by atoms with Crippen molar-refractivity contribution in [3.05, 3.63) is 35.6 Å². The van der Waals surface area contributed by atoms with Crippen molar-refractivity contribution in [2.75, 3.05) is 0 Å². The van der Waals surface area contributed by atoms with E-state index in [1.165, 1.54) is 32.1 Å². The minimum Gasteiger partial charge on any atom is -0.451 e. The molecule has 2 aromatic rings. The number of hydrogen-bond acceptors (Lipinski definition) is 4. The van der Waals surface area contributed by atoms with Crippen molar-refractivity contribution in [2.24, 2.45) is 5.92 Å². The number of fused-ring (bicyclic) bond motifs is 1. The van der Waals surface area contributed by atoms with Gasteiger partial charge in [0.05, 0.1) is 0 Å². The van der Waals surface area contributed by atoms with E-state index < -0.39 is 5.91 Å². The van der Waals surface area contributed by atoms with E-state index in [2.05, 4.69) is 10.9 Å². The van der Waals surface area contributed by atoms with Crippen LogP contribution in [0.1, 0.15) is 68.5 Å². The van der Waals surface area contributed by atoms with Gasteiger partial charge in [0.1, 0.15) is 5.58 Å². The lowest BCUT2D eigenvalue weighted by Gasteiger charge is -2.20. The Balaban J connectivity index is 1.73. The summed E-state index contributed by atoms with van der Waals surface area (Å²) in [6.45, 7) is 3.92. The largest absolute Gasteiger partial charge is 0.451 e. The molecule has 146 valence electrons. The van der Waals surface area contributed by atoms with Crippen LogP contribution in [0.4, 0.5) is 0 Å². The Kier molecular flexibility index (Phi) is 6.83. The molecule has 0 aliphatic heterocycles. The number of nitrogens with one attached hydrogen (secondary N) is 2. The smallest absolute Gasteiger partial charge is 0.305 e. The van der Waals surface area contributed by atoms with Gasteiger partial charge < -0.3 is 4.42 Å². The van der Waals surface area contributed by atoms with Crippen molar-refractivity contribution < 1.29 is 14.0 Å². The molecule has 0 saturated heterocycles. The van der Waals surface area contributed by atoms with Gasteiger partial charge in [0.2, 0.25) is 5.91 Å². The molecule has 1 heterocycles. The van der Waals surface area contributed by atoms with Gasteiger partial charge in [-0.15, -0.1) is 0 Å². The SMILES string of the molecule is CC(C)CC(=O)NNC(=O)c1oc2ccccc2c1CSC1CCCCC1. The summed E-state index contributed by atoms with van der Waals surface area (Å²) in [5.41, 5.74) is 6.60. The standard InChI is InChI=1S/C21H28N2O3S/c1-14(2)12-19(24)22-23-21(25)20-17(13-27-15-8-4-3-5-9-15)16-10-6-7-11-18(16)26-20/h6-7,10-11,14-15H,3-5,8-9,12-13H2,1-2H3,(H,22,24)(H,23,25). The van der Waals surface area contributed by atoms with Crippen LogP contribution in [-0.2, 0) is 10.5 Å². The predicted octanol–water partition coefficient (Wildman–Crippen LogP) is 4.81. The molecule has 1 saturated carbocycles. The van der Waals surface area contributed by atoms with Gasteiger partial charge in [-0.25, -0.2) is 0 Å². The summed E-state index contributed by atoms with van der Waals surface area (Å²) in [6.07, 6.45) is 6.76. The Morgan fingerprint density at radius 2 is 1.89 bits per heavy atom. The highest BCUT2D eigenvalue weighted by Crippen LogP contribution is 2.34. The first-order valence-corrected chi connectivity index (χ1v) is 10.8. The first-order valence-electron chi connectivity index (χ1n) is 9.75. The zero-order valence-corrected chi connectivity index (χ0v) is 16.9. The Labute approximate surface area is 164 Å². The third-order valence-electron chi connectivity index (χ3n) is 4.83. The fourth-order valence-corrected chi connectivity index (χ4v) is 4.82. The lowest BCUT2D eigenvalue weighted by atomic mass is 10.0. The van der Waals surface area contributed by atoms with Crippen LogP contribution in [0.25, 0.3) is 11.0 Å². The average molecular weight is 389 g/mol. The second kappa shape index (κ2) is 9.31. The Hall–Kier alpha value is -1.95. The van der Waals surface area contributed by atoms with E-state index >= 15 is 0 Å². The molecule has 0 spiro atoms. The molecule has 0 bridgehead atoms. The van der Waals surface area contributed by atoms with E-state index in [1.807, 2.05) is 49.9 Å². The number of thioether (sulfide) groups is 1. The molecule has 0 unspecified atom stereocenters. The molecular weight excluding hydrogens is 360 g/mol. The van der Waals surface area contributed by atoms with E-state index in [1.54, 1.807) is 0 Å². The number of carbonyl (C=O) groups excluding carboxylic acids is 2. The second-order valence-corrected chi connectivity index (χ2v) is 8.87. The summed E-state index contributed by atoms with van der Waals surface area (Å²) in [7, 11) is 0. The minimum atomic E-state index is -0.400. The van der Waals surface area contributed by atoms with Gasteiger partial charge >= 0.3 is 5.91 Å². The first kappa shape index (κ1) is 19.8. The highest BCUT2D eigenvalue weighted by Gasteiger charge is 2.23. The monoisotopic (exact) mass is 388 g/mol. The molecule has 27 heavy (non-hydrogen) atoms. The van der Waals surface area contributed by atoms with Gasteiger partial charge in [-0.05, 0) is 24.8 Å². The van der Waals surface area contributed by atoms with Crippen LogP contribution in [0.5, 0.6) is 0 Å². The third kappa shape index (κ3) is 5.28. The van der Waals surface area contributed by atoms with Crippen LogP contribution in [-0.4, -0.2) is 17.1 Å². The fourth-order valence-electron chi connectivity index (χ4n) is 3.46. The van der Waals surface area contributed by atoms with E-state index in [0.717, 1.165) is 16.7 Å². The maximum Gasteiger partial charge on any atom is 0.305 e. The maximum absolute atomic E-state index is 12.6. The van der Waals surface area contributed by atoms with Crippen molar-refractivity contribution in [1.29, 1.82) is 0 Å². The topological polar surface area (TPSA) is 71.3 Å². The Bertz CT molecular complexity index is 794. The lowest BCUT2D eigenvalue weighted by Crippen LogP contribution is -2.42. The van der Waals surface area contributed by atoms with Crippen molar-refractivity contribution in [2.45, 2.75) is 63.4 Å². The summed E-state index contributed by atoms with van der Waals surface area (Å²) < 4.78 is 5.84. The molecule has 2 N–H and O–H groups in total. The number of hydrazine groups is 1. The third-order valence-corrected chi connectivity index (χ3v) is 6.23. The summed E-state index contributed by atoms with van der Waals surface area (Å²) >= 11 is 1.91. The summed E-state index contributed by atoms with van der Waals surface area (Å²) in [5, 5.41) is 1.62. The van der Waals surface area contributed by atoms with Gasteiger partial charge in [0.15, 0.2) is 5.76 Å². The number of benzene rings is 1. The van der Waals surface area contributed by atoms with E-state index in [9.17, 15) is 9.59 Å². The predicted molar refractivity (Wildman–Crippen MR) is 109 cm³/mol. The molecule has 1 aliphatic rings. The normalized spacial score (nSPS) is 15.2. The molecule has 0 radical (unpaired) electrons. The van der Waals surface area contributed by atoms with Crippen LogP contribution in [0.2, 0.25) is 0 Å². The highest BCUT2D eigenvalue weighted by atomic mass is 32.2. The molecule has 0 atom stereocenters. The fraction of sp³-hybridized carbons (Fsp3) is 0.524. The van der Waals surface area contributed by atoms with E-state index in [-0.39, 0.29) is 11.8 Å². The number of furan rings is 1. The Morgan fingerprint density at radius 1 is 1.15 bits per heavy atom. The number of hydrogen-bond donors (Lipinski definition) is 2. The van der Waals surface area contributed by atoms with E-state index in [4.69, 9.17) is 4.42 Å². The molecule has 2 amide bonds. The number of rotatable bonds is 6. The summed E-state index contributed by atoms with van der Waals surface area (Å²) in [6, 6.07) is 7.72. The molecule has 1 aromatic heterocycles. The van der Waals surface area contributed by atoms with Gasteiger partial charge in [0, 0.05) is 28.4 Å². The molecule has 1 fully saturated rings.